The van der Waals surface area contributed by atoms with E-state index in [-0.39, 0.29) is 6.54 Å². The van der Waals surface area contributed by atoms with Crippen LogP contribution in [-0.4, -0.2) is 63.4 Å². The van der Waals surface area contributed by atoms with E-state index in [0.29, 0.717) is 35.2 Å². The Hall–Kier alpha value is -2.90. The van der Waals surface area contributed by atoms with Gasteiger partial charge in [-0.15, -0.1) is 11.3 Å². The number of thiazole rings is 1. The van der Waals surface area contributed by atoms with Crippen LogP contribution >= 0.6 is 27.3 Å². The molecule has 0 fully saturated rings. The van der Waals surface area contributed by atoms with Gasteiger partial charge < -0.3 is 19.6 Å². The highest BCUT2D eigenvalue weighted by Crippen LogP contribution is 2.37. The van der Waals surface area contributed by atoms with Crippen LogP contribution in [0.15, 0.2) is 27.5 Å². The Kier molecular flexibility index (Phi) is 9.74. The van der Waals surface area contributed by atoms with E-state index in [4.69, 9.17) is 4.74 Å². The number of nitrogens with zero attached hydrogens (tertiary/aromatic N) is 3. The van der Waals surface area contributed by atoms with Crippen molar-refractivity contribution in [2.45, 2.75) is 64.5 Å². The lowest BCUT2D eigenvalue weighted by atomic mass is 9.92. The fourth-order valence-electron chi connectivity index (χ4n) is 4.33. The maximum absolute atomic E-state index is 13.4. The van der Waals surface area contributed by atoms with Gasteiger partial charge in [0.2, 0.25) is 0 Å². The zero-order valence-corrected chi connectivity index (χ0v) is 23.9. The van der Waals surface area contributed by atoms with E-state index >= 15 is 0 Å². The molecule has 1 aliphatic rings. The topological polar surface area (TPSA) is 100 Å². The third kappa shape index (κ3) is 7.11. The van der Waals surface area contributed by atoms with Crippen LogP contribution in [0.25, 0.3) is 0 Å². The molecule has 2 heterocycles. The Morgan fingerprint density at radius 2 is 2.03 bits per heavy atom. The molecule has 0 aliphatic carbocycles. The number of aromatic nitrogens is 1. The van der Waals surface area contributed by atoms with Crippen molar-refractivity contribution >= 4 is 45.1 Å². The third-order valence-electron chi connectivity index (χ3n) is 6.21. The fourth-order valence-corrected chi connectivity index (χ4v) is 5.34. The molecule has 10 heteroatoms. The first-order valence-corrected chi connectivity index (χ1v) is 13.9. The molecule has 3 rings (SSSR count). The molecule has 2 aromatic rings. The molecule has 1 unspecified atom stereocenters. The predicted molar refractivity (Wildman–Crippen MR) is 145 cm³/mol. The van der Waals surface area contributed by atoms with Crippen molar-refractivity contribution < 1.29 is 24.2 Å². The van der Waals surface area contributed by atoms with Crippen molar-refractivity contribution in [3.63, 3.8) is 0 Å². The van der Waals surface area contributed by atoms with Gasteiger partial charge in [-0.05, 0) is 85.1 Å². The highest BCUT2D eigenvalue weighted by atomic mass is 79.9. The number of hydrogen-bond acceptors (Lipinski definition) is 6. The van der Waals surface area contributed by atoms with Gasteiger partial charge in [0.05, 0.1) is 17.1 Å². The summed E-state index contributed by atoms with van der Waals surface area (Å²) in [5.41, 5.74) is 3.20. The first kappa shape index (κ1) is 28.7. The lowest BCUT2D eigenvalue weighted by molar-refractivity contribution is -0.160. The van der Waals surface area contributed by atoms with Crippen LogP contribution in [0.4, 0.5) is 0 Å². The Morgan fingerprint density at radius 1 is 1.27 bits per heavy atom. The number of carbonyl (C=O) groups excluding carboxylic acids is 2. The van der Waals surface area contributed by atoms with Crippen LogP contribution in [0.5, 0.6) is 5.75 Å². The van der Waals surface area contributed by atoms with Crippen LogP contribution in [0.3, 0.4) is 0 Å². The monoisotopic (exact) mass is 589 g/mol. The Bertz CT molecular complexity index is 1200. The van der Waals surface area contributed by atoms with Crippen molar-refractivity contribution in [2.75, 3.05) is 20.2 Å². The van der Waals surface area contributed by atoms with E-state index in [1.54, 1.807) is 22.5 Å². The van der Waals surface area contributed by atoms with Gasteiger partial charge in [-0.1, -0.05) is 12.3 Å². The number of carbonyl (C=O) groups is 3. The molecule has 0 saturated heterocycles. The number of aliphatic carboxylic acids is 1. The molecule has 8 nitrogen and oxygen atoms in total. The standard InChI is InChI=1S/C27H32BrN3O5S/c1-27(2,3)31(12-9-7-5-6-8-10-19-16-37-17-29-19)25(33)24(32)30-13-11-18-14-22(36-4)21(28)15-20(18)23(30)26(34)35/h14-17,23H,5-7,9,11-13H2,1-4H3,(H,34,35). The van der Waals surface area contributed by atoms with Crippen molar-refractivity contribution in [3.8, 4) is 17.6 Å². The average molecular weight is 591 g/mol. The number of amides is 2. The molecule has 1 aliphatic heterocycles. The van der Waals surface area contributed by atoms with E-state index in [1.807, 2.05) is 26.2 Å². The SMILES string of the molecule is COc1cc2c(cc1Br)C(C(=O)O)N(C(=O)C(=O)N(CCCCCC#Cc1cscn1)C(C)(C)C)CC2. The highest BCUT2D eigenvalue weighted by molar-refractivity contribution is 9.10. The van der Waals surface area contributed by atoms with Gasteiger partial charge in [-0.25, -0.2) is 9.78 Å². The molecular formula is C27H32BrN3O5S. The van der Waals surface area contributed by atoms with Gasteiger partial charge in [0.25, 0.3) is 0 Å². The van der Waals surface area contributed by atoms with Crippen molar-refractivity contribution in [1.82, 2.24) is 14.8 Å². The minimum atomic E-state index is -1.25. The molecule has 37 heavy (non-hydrogen) atoms. The molecule has 2 amide bonds. The third-order valence-corrected chi connectivity index (χ3v) is 7.41. The number of methoxy groups -OCH3 is 1. The molecule has 1 N–H and O–H groups in total. The second-order valence-corrected chi connectivity index (χ2v) is 11.4. The summed E-state index contributed by atoms with van der Waals surface area (Å²) >= 11 is 4.91. The number of ether oxygens (including phenoxy) is 1. The summed E-state index contributed by atoms with van der Waals surface area (Å²) in [5, 5.41) is 11.9. The molecule has 0 saturated carbocycles. The fraction of sp³-hybridized carbons (Fsp3) is 0.481. The predicted octanol–water partition coefficient (Wildman–Crippen LogP) is 4.66. The number of hydrogen-bond donors (Lipinski definition) is 1. The molecule has 1 aromatic heterocycles. The zero-order valence-electron chi connectivity index (χ0n) is 21.5. The van der Waals surface area contributed by atoms with Crippen LogP contribution in [0.2, 0.25) is 0 Å². The molecular weight excluding hydrogens is 558 g/mol. The molecule has 0 radical (unpaired) electrons. The van der Waals surface area contributed by atoms with Gasteiger partial charge in [0.1, 0.15) is 11.4 Å². The minimum Gasteiger partial charge on any atom is -0.496 e. The largest absolute Gasteiger partial charge is 0.496 e. The van der Waals surface area contributed by atoms with E-state index in [2.05, 4.69) is 32.8 Å². The van der Waals surface area contributed by atoms with Crippen LogP contribution < -0.4 is 4.74 Å². The first-order chi connectivity index (χ1) is 17.5. The Morgan fingerprint density at radius 3 is 2.65 bits per heavy atom. The number of rotatable bonds is 7. The van der Waals surface area contributed by atoms with Crippen molar-refractivity contribution in [2.24, 2.45) is 0 Å². The summed E-state index contributed by atoms with van der Waals surface area (Å²) in [4.78, 5) is 46.0. The van der Waals surface area contributed by atoms with Gasteiger partial charge in [0.15, 0.2) is 6.04 Å². The molecule has 198 valence electrons. The summed E-state index contributed by atoms with van der Waals surface area (Å²) in [6.45, 7) is 6.16. The summed E-state index contributed by atoms with van der Waals surface area (Å²) in [7, 11) is 1.54. The normalized spacial score (nSPS) is 14.8. The van der Waals surface area contributed by atoms with Crippen LogP contribution in [0, 0.1) is 11.8 Å². The summed E-state index contributed by atoms with van der Waals surface area (Å²) in [5.74, 6) is 4.07. The van der Waals surface area contributed by atoms with Crippen molar-refractivity contribution in [1.29, 1.82) is 0 Å². The maximum atomic E-state index is 13.4. The number of carboxylic acid groups (broad SMARTS) is 1. The lowest BCUT2D eigenvalue weighted by Gasteiger charge is -2.39. The number of benzene rings is 1. The van der Waals surface area contributed by atoms with Gasteiger partial charge in [-0.3, -0.25) is 9.59 Å². The number of halogens is 1. The quantitative estimate of drug-likeness (QED) is 0.286. The smallest absolute Gasteiger partial charge is 0.331 e. The molecule has 1 aromatic carbocycles. The molecule has 1 atom stereocenters. The van der Waals surface area contributed by atoms with Crippen molar-refractivity contribution in [3.05, 3.63) is 44.3 Å². The highest BCUT2D eigenvalue weighted by Gasteiger charge is 2.41. The maximum Gasteiger partial charge on any atom is 0.331 e. The van der Waals surface area contributed by atoms with E-state index in [9.17, 15) is 19.5 Å². The number of carboxylic acids is 1. The Balaban J connectivity index is 1.68. The van der Waals surface area contributed by atoms with Crippen LogP contribution in [-0.2, 0) is 20.8 Å². The van der Waals surface area contributed by atoms with E-state index in [1.165, 1.54) is 23.3 Å². The van der Waals surface area contributed by atoms with Gasteiger partial charge in [-0.2, -0.15) is 0 Å². The van der Waals surface area contributed by atoms with Gasteiger partial charge in [0, 0.05) is 30.4 Å². The number of unbranched alkanes of at least 4 members (excludes halogenated alkanes) is 3. The number of fused-ring (bicyclic) bond motifs is 1. The van der Waals surface area contributed by atoms with Crippen LogP contribution in [0.1, 0.15) is 69.3 Å². The summed E-state index contributed by atoms with van der Waals surface area (Å²) in [6, 6.07) is 2.19. The second-order valence-electron chi connectivity index (χ2n) is 9.79. The lowest BCUT2D eigenvalue weighted by Crippen LogP contribution is -2.55. The first-order valence-electron chi connectivity index (χ1n) is 12.1. The molecule has 0 spiro atoms. The summed E-state index contributed by atoms with van der Waals surface area (Å²) < 4.78 is 5.92. The average Bonchev–Trinajstić information content (AvgIpc) is 3.36. The summed E-state index contributed by atoms with van der Waals surface area (Å²) in [6.07, 6.45) is 3.60. The second kappa shape index (κ2) is 12.6. The minimum absolute atomic E-state index is 0.134. The Labute approximate surface area is 230 Å². The zero-order chi connectivity index (χ0) is 27.2. The van der Waals surface area contributed by atoms with Gasteiger partial charge >= 0.3 is 17.8 Å². The van der Waals surface area contributed by atoms with E-state index in [0.717, 1.165) is 30.5 Å². The molecule has 0 bridgehead atoms. The van der Waals surface area contributed by atoms with E-state index < -0.39 is 29.4 Å².